The molecular formula is C25H19FN4O2. The minimum atomic E-state index is -0.682. The Labute approximate surface area is 184 Å². The molecule has 0 radical (unpaired) electrons. The molecule has 0 atom stereocenters. The van der Waals surface area contributed by atoms with Crippen LogP contribution in [-0.4, -0.2) is 23.0 Å². The third-order valence-electron chi connectivity index (χ3n) is 5.22. The van der Waals surface area contributed by atoms with E-state index in [4.69, 9.17) is 17.0 Å². The number of nitrogens with zero attached hydrogens (tertiary/aromatic N) is 3. The highest BCUT2D eigenvalue weighted by atomic mass is 19.1. The minimum absolute atomic E-state index is 0.0683. The van der Waals surface area contributed by atoms with E-state index in [0.29, 0.717) is 40.0 Å². The molecule has 2 aromatic heterocycles. The van der Waals surface area contributed by atoms with E-state index >= 15 is 0 Å². The van der Waals surface area contributed by atoms with Crippen LogP contribution in [0.25, 0.3) is 26.9 Å². The number of ether oxygens (including phenoxy) is 1. The maximum Gasteiger partial charge on any atom is 0.269 e. The Hall–Kier alpha value is -4.31. The Balaban J connectivity index is 1.72. The van der Waals surface area contributed by atoms with Gasteiger partial charge in [0.2, 0.25) is 0 Å². The van der Waals surface area contributed by atoms with Crippen LogP contribution < -0.4 is 10.5 Å². The van der Waals surface area contributed by atoms with Gasteiger partial charge >= 0.3 is 0 Å². The molecule has 4 rings (SSSR count). The van der Waals surface area contributed by atoms with Crippen molar-refractivity contribution in [3.05, 3.63) is 94.8 Å². The summed E-state index contributed by atoms with van der Waals surface area (Å²) in [5.74, 6) is -0.382. The third kappa shape index (κ3) is 4.25. The van der Waals surface area contributed by atoms with Crippen LogP contribution in [0, 0.1) is 12.4 Å². The van der Waals surface area contributed by atoms with Crippen LogP contribution in [0.15, 0.2) is 60.8 Å². The zero-order valence-corrected chi connectivity index (χ0v) is 17.3. The Morgan fingerprint density at radius 3 is 2.50 bits per heavy atom. The standard InChI is InChI=1S/C25H19FN4O2/c1-28-24-10-6-16(14-29-24)4-3-15-5-8-19-20(13-23(25(27)31)30-22(19)11-15)18-9-7-17(32-2)12-21(18)26/h5-14H,3-4H2,2H3,(H2,27,31). The number of halogens is 1. The fourth-order valence-corrected chi connectivity index (χ4v) is 3.54. The molecule has 0 saturated heterocycles. The molecule has 2 N–H and O–H groups in total. The molecule has 2 aromatic carbocycles. The summed E-state index contributed by atoms with van der Waals surface area (Å²) in [4.78, 5) is 23.7. The van der Waals surface area contributed by atoms with E-state index in [2.05, 4.69) is 14.8 Å². The lowest BCUT2D eigenvalue weighted by atomic mass is 9.97. The molecule has 0 bridgehead atoms. The molecule has 7 heteroatoms. The molecular weight excluding hydrogens is 407 g/mol. The fourth-order valence-electron chi connectivity index (χ4n) is 3.54. The zero-order valence-electron chi connectivity index (χ0n) is 17.3. The third-order valence-corrected chi connectivity index (χ3v) is 5.22. The Morgan fingerprint density at radius 2 is 1.84 bits per heavy atom. The number of benzene rings is 2. The van der Waals surface area contributed by atoms with Crippen LogP contribution in [0.4, 0.5) is 10.2 Å². The lowest BCUT2D eigenvalue weighted by Crippen LogP contribution is -2.13. The summed E-state index contributed by atoms with van der Waals surface area (Å²) in [7, 11) is 1.47. The molecule has 158 valence electrons. The molecule has 0 saturated carbocycles. The zero-order chi connectivity index (χ0) is 22.7. The van der Waals surface area contributed by atoms with Gasteiger partial charge in [0.1, 0.15) is 23.5 Å². The summed E-state index contributed by atoms with van der Waals surface area (Å²) < 4.78 is 19.9. The van der Waals surface area contributed by atoms with Gasteiger partial charge in [0.05, 0.1) is 12.6 Å². The van der Waals surface area contributed by atoms with Crippen molar-refractivity contribution in [1.29, 1.82) is 0 Å². The predicted octanol–water partition coefficient (Wildman–Crippen LogP) is 4.88. The van der Waals surface area contributed by atoms with E-state index in [9.17, 15) is 9.18 Å². The van der Waals surface area contributed by atoms with Gasteiger partial charge in [-0.15, -0.1) is 4.98 Å². The Kier molecular flexibility index (Phi) is 5.77. The lowest BCUT2D eigenvalue weighted by molar-refractivity contribution is 0.0996. The molecule has 0 spiro atoms. The maximum atomic E-state index is 14.8. The average molecular weight is 426 g/mol. The van der Waals surface area contributed by atoms with Gasteiger partial charge < -0.3 is 15.3 Å². The van der Waals surface area contributed by atoms with Gasteiger partial charge in [-0.3, -0.25) is 4.79 Å². The first-order valence-electron chi connectivity index (χ1n) is 9.88. The van der Waals surface area contributed by atoms with Crippen molar-refractivity contribution in [2.24, 2.45) is 5.73 Å². The quantitative estimate of drug-likeness (QED) is 0.446. The number of carbonyl (C=O) groups is 1. The highest BCUT2D eigenvalue weighted by Gasteiger charge is 2.15. The number of methoxy groups -OCH3 is 1. The van der Waals surface area contributed by atoms with Gasteiger partial charge in [-0.2, -0.15) is 0 Å². The van der Waals surface area contributed by atoms with E-state index < -0.39 is 11.7 Å². The SMILES string of the molecule is [C-]#[N+]c1ccc(CCc2ccc3c(-c4ccc(OC)cc4F)cc(C(N)=O)nc3c2)cn1. The maximum absolute atomic E-state index is 14.8. The van der Waals surface area contributed by atoms with Crippen molar-refractivity contribution in [1.82, 2.24) is 9.97 Å². The summed E-state index contributed by atoms with van der Waals surface area (Å²) >= 11 is 0. The van der Waals surface area contributed by atoms with Gasteiger partial charge in [0, 0.05) is 17.0 Å². The van der Waals surface area contributed by atoms with Crippen LogP contribution in [0.1, 0.15) is 21.6 Å². The Morgan fingerprint density at radius 1 is 1.06 bits per heavy atom. The molecule has 0 fully saturated rings. The molecule has 0 aliphatic carbocycles. The summed E-state index contributed by atoms with van der Waals surface area (Å²) in [6.07, 6.45) is 3.14. The van der Waals surface area contributed by atoms with Crippen molar-refractivity contribution in [3.63, 3.8) is 0 Å². The monoisotopic (exact) mass is 426 g/mol. The van der Waals surface area contributed by atoms with E-state index in [1.165, 1.54) is 19.2 Å². The van der Waals surface area contributed by atoms with Crippen molar-refractivity contribution in [2.75, 3.05) is 7.11 Å². The number of rotatable bonds is 6. The van der Waals surface area contributed by atoms with E-state index in [0.717, 1.165) is 17.5 Å². The molecule has 4 aromatic rings. The average Bonchev–Trinajstić information content (AvgIpc) is 2.82. The number of hydrogen-bond donors (Lipinski definition) is 1. The molecule has 2 heterocycles. The highest BCUT2D eigenvalue weighted by molar-refractivity contribution is 6.01. The second kappa shape index (κ2) is 8.82. The summed E-state index contributed by atoms with van der Waals surface area (Å²) in [5, 5.41) is 0.714. The number of hydrogen-bond acceptors (Lipinski definition) is 4. The molecule has 6 nitrogen and oxygen atoms in total. The van der Waals surface area contributed by atoms with Gasteiger partial charge in [-0.25, -0.2) is 9.37 Å². The fraction of sp³-hybridized carbons (Fsp3) is 0.120. The van der Waals surface area contributed by atoms with Crippen LogP contribution in [-0.2, 0) is 12.8 Å². The van der Waals surface area contributed by atoms with E-state index in [1.54, 1.807) is 24.4 Å². The van der Waals surface area contributed by atoms with Crippen molar-refractivity contribution < 1.29 is 13.9 Å². The van der Waals surface area contributed by atoms with Crippen molar-refractivity contribution >= 4 is 22.6 Å². The van der Waals surface area contributed by atoms with E-state index in [1.807, 2.05) is 24.3 Å². The first-order valence-corrected chi connectivity index (χ1v) is 9.88. The molecule has 0 aliphatic rings. The molecule has 0 unspecified atom stereocenters. The number of aryl methyl sites for hydroxylation is 2. The number of aromatic nitrogens is 2. The molecule has 32 heavy (non-hydrogen) atoms. The first kappa shape index (κ1) is 20.9. The van der Waals surface area contributed by atoms with Gasteiger partial charge in [-0.1, -0.05) is 24.8 Å². The minimum Gasteiger partial charge on any atom is -0.497 e. The number of primary amides is 1. The number of carbonyl (C=O) groups excluding carboxylic acids is 1. The summed E-state index contributed by atoms with van der Waals surface area (Å²) in [5.41, 5.74) is 9.00. The first-order chi connectivity index (χ1) is 15.5. The second-order valence-electron chi connectivity index (χ2n) is 7.25. The Bertz CT molecular complexity index is 1360. The molecule has 0 aliphatic heterocycles. The lowest BCUT2D eigenvalue weighted by Gasteiger charge is -2.12. The normalized spacial score (nSPS) is 10.7. The number of nitrogens with two attached hydrogens (primary N) is 1. The van der Waals surface area contributed by atoms with Crippen LogP contribution in [0.2, 0.25) is 0 Å². The topological polar surface area (TPSA) is 82.5 Å². The van der Waals surface area contributed by atoms with Crippen molar-refractivity contribution in [3.8, 4) is 16.9 Å². The van der Waals surface area contributed by atoms with Crippen molar-refractivity contribution in [2.45, 2.75) is 12.8 Å². The highest BCUT2D eigenvalue weighted by Crippen LogP contribution is 2.33. The smallest absolute Gasteiger partial charge is 0.269 e. The van der Waals surface area contributed by atoms with Gasteiger partial charge in [0.15, 0.2) is 0 Å². The second-order valence-corrected chi connectivity index (χ2v) is 7.25. The van der Waals surface area contributed by atoms with Gasteiger partial charge in [-0.05, 0) is 59.9 Å². The van der Waals surface area contributed by atoms with E-state index in [-0.39, 0.29) is 5.69 Å². The summed E-state index contributed by atoms with van der Waals surface area (Å²) in [6.45, 7) is 6.98. The van der Waals surface area contributed by atoms with Gasteiger partial charge in [0.25, 0.3) is 11.7 Å². The predicted molar refractivity (Wildman–Crippen MR) is 120 cm³/mol. The number of amides is 1. The van der Waals surface area contributed by atoms with Crippen LogP contribution in [0.5, 0.6) is 5.75 Å². The number of pyridine rings is 2. The summed E-state index contributed by atoms with van der Waals surface area (Å²) in [6, 6.07) is 15.4. The largest absolute Gasteiger partial charge is 0.497 e. The van der Waals surface area contributed by atoms with Crippen LogP contribution in [0.3, 0.4) is 0 Å². The molecule has 1 amide bonds. The number of fused-ring (bicyclic) bond motifs is 1. The van der Waals surface area contributed by atoms with Crippen LogP contribution >= 0.6 is 0 Å².